The first-order chi connectivity index (χ1) is 9.47. The number of urea groups is 1. The van der Waals surface area contributed by atoms with Gasteiger partial charge in [0, 0.05) is 31.3 Å². The van der Waals surface area contributed by atoms with Gasteiger partial charge in [0.25, 0.3) is 0 Å². The predicted octanol–water partition coefficient (Wildman–Crippen LogP) is 0.223. The van der Waals surface area contributed by atoms with Gasteiger partial charge in [0.05, 0.1) is 16.8 Å². The normalized spacial score (nSPS) is 22.0. The first kappa shape index (κ1) is 14.7. The molecule has 2 atom stereocenters. The van der Waals surface area contributed by atoms with Crippen molar-refractivity contribution >= 4 is 23.3 Å². The number of hydrogen-bond acceptors (Lipinski definition) is 5. The van der Waals surface area contributed by atoms with E-state index in [1.165, 1.54) is 4.90 Å². The molecule has 1 aliphatic rings. The number of likely N-dealkylation sites (tertiary alicyclic amines) is 1. The second-order valence-electron chi connectivity index (χ2n) is 4.74. The monoisotopic (exact) mass is 299 g/mol. The molecule has 2 heterocycles. The van der Waals surface area contributed by atoms with Gasteiger partial charge >= 0.3 is 12.0 Å². The molecule has 0 spiro atoms. The number of nitrogens with zero attached hydrogens (tertiary/aromatic N) is 2. The number of nitrogens with one attached hydrogen (secondary N) is 1. The number of carboxylic acids is 1. The molecule has 0 aromatic carbocycles. The number of thiazole rings is 1. The predicted molar refractivity (Wildman–Crippen MR) is 72.7 cm³/mol. The van der Waals surface area contributed by atoms with Gasteiger partial charge in [-0.05, 0) is 6.92 Å². The molecule has 1 aromatic heterocycles. The van der Waals surface area contributed by atoms with Crippen LogP contribution >= 0.6 is 11.3 Å². The Hall–Kier alpha value is -1.67. The van der Waals surface area contributed by atoms with E-state index >= 15 is 0 Å². The van der Waals surface area contributed by atoms with Gasteiger partial charge in [-0.3, -0.25) is 0 Å². The fraction of sp³-hybridized carbons (Fsp3) is 0.583. The largest absolute Gasteiger partial charge is 0.480 e. The van der Waals surface area contributed by atoms with Crippen molar-refractivity contribution in [1.82, 2.24) is 15.2 Å². The van der Waals surface area contributed by atoms with Crippen LogP contribution in [0.5, 0.6) is 0 Å². The molecular weight excluding hydrogens is 282 g/mol. The fourth-order valence-corrected chi connectivity index (χ4v) is 2.84. The summed E-state index contributed by atoms with van der Waals surface area (Å²) in [5, 5.41) is 24.1. The van der Waals surface area contributed by atoms with Crippen molar-refractivity contribution in [2.45, 2.75) is 31.9 Å². The number of hydrogen-bond donors (Lipinski definition) is 3. The summed E-state index contributed by atoms with van der Waals surface area (Å²) >= 11 is 1.55. The number of aliphatic hydroxyl groups is 1. The second-order valence-corrected chi connectivity index (χ2v) is 5.80. The zero-order valence-electron chi connectivity index (χ0n) is 11.1. The Morgan fingerprint density at radius 3 is 2.95 bits per heavy atom. The summed E-state index contributed by atoms with van der Waals surface area (Å²) in [5.41, 5.74) is 0.907. The van der Waals surface area contributed by atoms with Crippen LogP contribution in [0, 0.1) is 6.92 Å². The van der Waals surface area contributed by atoms with E-state index in [1.54, 1.807) is 11.3 Å². The van der Waals surface area contributed by atoms with Crippen molar-refractivity contribution < 1.29 is 19.8 Å². The Kier molecular flexibility index (Phi) is 4.56. The molecule has 3 N–H and O–H groups in total. The van der Waals surface area contributed by atoms with E-state index in [4.69, 9.17) is 5.11 Å². The van der Waals surface area contributed by atoms with Crippen molar-refractivity contribution in [1.29, 1.82) is 0 Å². The molecule has 1 fully saturated rings. The third-order valence-electron chi connectivity index (χ3n) is 3.15. The highest BCUT2D eigenvalue weighted by atomic mass is 32.1. The Balaban J connectivity index is 1.83. The molecule has 0 radical (unpaired) electrons. The van der Waals surface area contributed by atoms with E-state index in [-0.39, 0.29) is 13.0 Å². The van der Waals surface area contributed by atoms with Crippen LogP contribution in [0.25, 0.3) is 0 Å². The number of carboxylic acid groups (broad SMARTS) is 1. The van der Waals surface area contributed by atoms with E-state index in [0.29, 0.717) is 13.0 Å². The molecule has 0 saturated carbocycles. The first-order valence-electron chi connectivity index (χ1n) is 6.33. The van der Waals surface area contributed by atoms with Gasteiger partial charge in [-0.1, -0.05) is 0 Å². The highest BCUT2D eigenvalue weighted by Crippen LogP contribution is 2.18. The molecular formula is C12H17N3O4S. The molecule has 1 saturated heterocycles. The minimum absolute atomic E-state index is 0.0542. The van der Waals surface area contributed by atoms with E-state index in [1.807, 2.05) is 12.3 Å². The SMILES string of the molecule is Cc1nc(CCNC(=O)N2C[C@H](O)C[C@@H]2C(=O)O)cs1. The molecule has 20 heavy (non-hydrogen) atoms. The molecule has 0 bridgehead atoms. The molecule has 1 aromatic rings. The lowest BCUT2D eigenvalue weighted by Gasteiger charge is -2.21. The highest BCUT2D eigenvalue weighted by Gasteiger charge is 2.38. The van der Waals surface area contributed by atoms with Crippen molar-refractivity contribution in [3.8, 4) is 0 Å². The molecule has 8 heteroatoms. The van der Waals surface area contributed by atoms with Gasteiger partial charge in [-0.15, -0.1) is 11.3 Å². The third-order valence-corrected chi connectivity index (χ3v) is 3.97. The molecule has 110 valence electrons. The van der Waals surface area contributed by atoms with Gasteiger partial charge in [0.1, 0.15) is 6.04 Å². The summed E-state index contributed by atoms with van der Waals surface area (Å²) in [4.78, 5) is 28.4. The number of carbonyl (C=O) groups excluding carboxylic acids is 1. The van der Waals surface area contributed by atoms with E-state index in [9.17, 15) is 14.7 Å². The number of β-amino-alcohol motifs (C(OH)–C–C–N with tert-alkyl or cyclic N) is 1. The van der Waals surface area contributed by atoms with E-state index in [0.717, 1.165) is 10.7 Å². The number of aryl methyl sites for hydroxylation is 1. The van der Waals surface area contributed by atoms with Crippen molar-refractivity contribution in [2.75, 3.05) is 13.1 Å². The van der Waals surface area contributed by atoms with Crippen LogP contribution in [0.3, 0.4) is 0 Å². The number of aromatic nitrogens is 1. The molecule has 0 aliphatic carbocycles. The average molecular weight is 299 g/mol. The molecule has 7 nitrogen and oxygen atoms in total. The Morgan fingerprint density at radius 2 is 2.35 bits per heavy atom. The summed E-state index contributed by atoms with van der Waals surface area (Å²) in [5.74, 6) is -1.09. The van der Waals surface area contributed by atoms with Gasteiger partial charge in [-0.2, -0.15) is 0 Å². The lowest BCUT2D eigenvalue weighted by atomic mass is 10.2. The highest BCUT2D eigenvalue weighted by molar-refractivity contribution is 7.09. The average Bonchev–Trinajstić information content (AvgIpc) is 2.95. The number of amides is 2. The fourth-order valence-electron chi connectivity index (χ4n) is 2.19. The van der Waals surface area contributed by atoms with Crippen molar-refractivity contribution in [3.63, 3.8) is 0 Å². The maximum Gasteiger partial charge on any atom is 0.326 e. The van der Waals surface area contributed by atoms with Crippen LogP contribution in [0.2, 0.25) is 0 Å². The summed E-state index contributed by atoms with van der Waals surface area (Å²) in [6, 6.07) is -1.41. The maximum absolute atomic E-state index is 11.9. The van der Waals surface area contributed by atoms with Crippen LogP contribution in [0.15, 0.2) is 5.38 Å². The zero-order chi connectivity index (χ0) is 14.7. The molecule has 1 aliphatic heterocycles. The third kappa shape index (κ3) is 3.45. The van der Waals surface area contributed by atoms with Gasteiger partial charge in [-0.25, -0.2) is 14.6 Å². The van der Waals surface area contributed by atoms with Gasteiger partial charge in [0.2, 0.25) is 0 Å². The summed E-state index contributed by atoms with van der Waals surface area (Å²) in [6.07, 6.45) is -0.0961. The standard InChI is InChI=1S/C12H17N3O4S/c1-7-14-8(6-20-7)2-3-13-12(19)15-5-9(16)4-10(15)11(17)18/h6,9-10,16H,2-5H2,1H3,(H,13,19)(H,17,18)/t9-,10-/m1/s1. The lowest BCUT2D eigenvalue weighted by Crippen LogP contribution is -2.46. The first-order valence-corrected chi connectivity index (χ1v) is 7.21. The Morgan fingerprint density at radius 1 is 1.60 bits per heavy atom. The quantitative estimate of drug-likeness (QED) is 0.738. The summed E-state index contributed by atoms with van der Waals surface area (Å²) < 4.78 is 0. The smallest absolute Gasteiger partial charge is 0.326 e. The molecule has 0 unspecified atom stereocenters. The van der Waals surface area contributed by atoms with Crippen LogP contribution in [0.1, 0.15) is 17.1 Å². The van der Waals surface area contributed by atoms with Crippen molar-refractivity contribution in [3.05, 3.63) is 16.1 Å². The van der Waals surface area contributed by atoms with Crippen LogP contribution in [-0.4, -0.2) is 57.3 Å². The van der Waals surface area contributed by atoms with Crippen LogP contribution in [0.4, 0.5) is 4.79 Å². The lowest BCUT2D eigenvalue weighted by molar-refractivity contribution is -0.141. The molecule has 2 rings (SSSR count). The maximum atomic E-state index is 11.9. The Bertz CT molecular complexity index is 505. The number of aliphatic carboxylic acids is 1. The number of rotatable bonds is 4. The number of aliphatic hydroxyl groups excluding tert-OH is 1. The number of carbonyl (C=O) groups is 2. The minimum atomic E-state index is -1.09. The second kappa shape index (κ2) is 6.19. The summed E-state index contributed by atoms with van der Waals surface area (Å²) in [7, 11) is 0. The van der Waals surface area contributed by atoms with Crippen molar-refractivity contribution in [2.24, 2.45) is 0 Å². The van der Waals surface area contributed by atoms with E-state index < -0.39 is 24.1 Å². The minimum Gasteiger partial charge on any atom is -0.480 e. The van der Waals surface area contributed by atoms with Crippen LogP contribution in [-0.2, 0) is 11.2 Å². The van der Waals surface area contributed by atoms with Crippen LogP contribution < -0.4 is 5.32 Å². The topological polar surface area (TPSA) is 103 Å². The van der Waals surface area contributed by atoms with Gasteiger partial charge in [0.15, 0.2) is 0 Å². The molecule has 2 amide bonds. The zero-order valence-corrected chi connectivity index (χ0v) is 11.9. The summed E-state index contributed by atoms with van der Waals surface area (Å²) in [6.45, 7) is 2.36. The Labute approximate surface area is 120 Å². The van der Waals surface area contributed by atoms with E-state index in [2.05, 4.69) is 10.3 Å². The van der Waals surface area contributed by atoms with Gasteiger partial charge < -0.3 is 20.4 Å².